The number of pyridine rings is 1. The molecule has 1 unspecified atom stereocenters. The van der Waals surface area contributed by atoms with E-state index in [0.29, 0.717) is 0 Å². The van der Waals surface area contributed by atoms with E-state index in [1.54, 1.807) is 24.5 Å². The fourth-order valence-electron chi connectivity index (χ4n) is 0.699. The summed E-state index contributed by atoms with van der Waals surface area (Å²) in [6, 6.07) is 3.53. The largest absolute Gasteiger partial charge is 0.372 e. The number of anilines is 1. The Kier molecular flexibility index (Phi) is 2.83. The van der Waals surface area contributed by atoms with Crippen LogP contribution in [0, 0.1) is 0 Å². The van der Waals surface area contributed by atoms with Gasteiger partial charge in [0, 0.05) is 24.6 Å². The number of aromatic nitrogens is 1. The molecule has 0 aliphatic carbocycles. The van der Waals surface area contributed by atoms with E-state index in [9.17, 15) is 0 Å². The van der Waals surface area contributed by atoms with E-state index in [4.69, 9.17) is 10.8 Å². The number of aliphatic hydroxyl groups excluding tert-OH is 1. The molecule has 1 aromatic rings. The Balaban J connectivity index is 2.51. The van der Waals surface area contributed by atoms with Crippen molar-refractivity contribution in [3.63, 3.8) is 0 Å². The normalized spacial score (nSPS) is 12.5. The maximum atomic E-state index is 9.05. The van der Waals surface area contributed by atoms with Crippen LogP contribution in [0.3, 0.4) is 0 Å². The second-order valence-corrected chi connectivity index (χ2v) is 2.13. The van der Waals surface area contributed by atoms with Gasteiger partial charge in [-0.15, -0.1) is 0 Å². The zero-order valence-electron chi connectivity index (χ0n) is 6.07. The first kappa shape index (κ1) is 7.97. The first-order valence-corrected chi connectivity index (χ1v) is 3.37. The molecule has 0 spiro atoms. The molecule has 1 heterocycles. The number of nitrogens with two attached hydrogens (primary N) is 1. The summed E-state index contributed by atoms with van der Waals surface area (Å²) in [6.45, 7) is 0.197. The summed E-state index contributed by atoms with van der Waals surface area (Å²) in [5.74, 6) is 0. The summed E-state index contributed by atoms with van der Waals surface area (Å²) in [5.41, 5.74) is 6.01. The predicted molar refractivity (Wildman–Crippen MR) is 42.9 cm³/mol. The van der Waals surface area contributed by atoms with Gasteiger partial charge < -0.3 is 16.2 Å². The molecule has 1 aromatic heterocycles. The van der Waals surface area contributed by atoms with Crippen LogP contribution in [-0.4, -0.2) is 22.9 Å². The Bertz CT molecular complexity index is 202. The molecule has 0 aliphatic heterocycles. The third kappa shape index (κ3) is 2.53. The zero-order chi connectivity index (χ0) is 8.10. The van der Waals surface area contributed by atoms with Crippen molar-refractivity contribution in [2.75, 3.05) is 11.9 Å². The van der Waals surface area contributed by atoms with E-state index in [-0.39, 0.29) is 6.54 Å². The summed E-state index contributed by atoms with van der Waals surface area (Å²) in [5, 5.41) is 11.8. The van der Waals surface area contributed by atoms with Crippen LogP contribution in [0.5, 0.6) is 0 Å². The van der Waals surface area contributed by atoms with Gasteiger partial charge in [0.1, 0.15) is 6.23 Å². The van der Waals surface area contributed by atoms with Crippen LogP contribution in [0.2, 0.25) is 0 Å². The Morgan fingerprint density at radius 1 is 1.55 bits per heavy atom. The SMILES string of the molecule is NCC(O)Nc1ccncc1. The average Bonchev–Trinajstić information content (AvgIpc) is 2.06. The fourth-order valence-corrected chi connectivity index (χ4v) is 0.699. The van der Waals surface area contributed by atoms with Crippen LogP contribution < -0.4 is 11.1 Å². The maximum absolute atomic E-state index is 9.05. The van der Waals surface area contributed by atoms with Crippen molar-refractivity contribution in [3.05, 3.63) is 24.5 Å². The topological polar surface area (TPSA) is 71.2 Å². The van der Waals surface area contributed by atoms with Crippen molar-refractivity contribution in [2.24, 2.45) is 5.73 Å². The molecular weight excluding hydrogens is 142 g/mol. The molecule has 0 bridgehead atoms. The lowest BCUT2D eigenvalue weighted by Crippen LogP contribution is -2.27. The number of hydrogen-bond acceptors (Lipinski definition) is 4. The van der Waals surface area contributed by atoms with Crippen molar-refractivity contribution in [3.8, 4) is 0 Å². The van der Waals surface area contributed by atoms with Gasteiger partial charge in [0.05, 0.1) is 0 Å². The number of aliphatic hydroxyl groups is 1. The van der Waals surface area contributed by atoms with Crippen LogP contribution in [-0.2, 0) is 0 Å². The van der Waals surface area contributed by atoms with Crippen LogP contribution >= 0.6 is 0 Å². The van der Waals surface area contributed by atoms with Gasteiger partial charge in [-0.2, -0.15) is 0 Å². The Labute approximate surface area is 65.1 Å². The van der Waals surface area contributed by atoms with E-state index in [1.807, 2.05) is 0 Å². The molecule has 0 saturated carbocycles. The van der Waals surface area contributed by atoms with Gasteiger partial charge in [0.2, 0.25) is 0 Å². The standard InChI is InChI=1S/C7H11N3O/c8-5-7(11)10-6-1-3-9-4-2-6/h1-4,7,11H,5,8H2,(H,9,10). The molecule has 0 saturated heterocycles. The third-order valence-electron chi connectivity index (χ3n) is 1.24. The molecule has 0 amide bonds. The van der Waals surface area contributed by atoms with Gasteiger partial charge in [0.25, 0.3) is 0 Å². The van der Waals surface area contributed by atoms with E-state index < -0.39 is 6.23 Å². The van der Waals surface area contributed by atoms with Crippen LogP contribution in [0.15, 0.2) is 24.5 Å². The molecule has 4 nitrogen and oxygen atoms in total. The van der Waals surface area contributed by atoms with Gasteiger partial charge in [-0.3, -0.25) is 4.98 Å². The maximum Gasteiger partial charge on any atom is 0.136 e. The minimum Gasteiger partial charge on any atom is -0.372 e. The van der Waals surface area contributed by atoms with E-state index in [1.165, 1.54) is 0 Å². The van der Waals surface area contributed by atoms with E-state index >= 15 is 0 Å². The molecule has 4 heteroatoms. The lowest BCUT2D eigenvalue weighted by Gasteiger charge is -2.10. The average molecular weight is 153 g/mol. The quantitative estimate of drug-likeness (QED) is 0.524. The first-order valence-electron chi connectivity index (χ1n) is 3.37. The summed E-state index contributed by atoms with van der Waals surface area (Å²) in [4.78, 5) is 3.83. The highest BCUT2D eigenvalue weighted by Gasteiger charge is 1.97. The van der Waals surface area contributed by atoms with Gasteiger partial charge in [-0.1, -0.05) is 0 Å². The van der Waals surface area contributed by atoms with Crippen molar-refractivity contribution in [2.45, 2.75) is 6.23 Å². The molecule has 0 aliphatic rings. The summed E-state index contributed by atoms with van der Waals surface area (Å²) in [6.07, 6.45) is 2.61. The molecule has 4 N–H and O–H groups in total. The lowest BCUT2D eigenvalue weighted by atomic mass is 10.4. The number of nitrogens with one attached hydrogen (secondary N) is 1. The highest BCUT2D eigenvalue weighted by atomic mass is 16.3. The highest BCUT2D eigenvalue weighted by Crippen LogP contribution is 2.03. The van der Waals surface area contributed by atoms with E-state index in [0.717, 1.165) is 5.69 Å². The fraction of sp³-hybridized carbons (Fsp3) is 0.286. The van der Waals surface area contributed by atoms with Gasteiger partial charge in [-0.25, -0.2) is 0 Å². The van der Waals surface area contributed by atoms with Crippen molar-refractivity contribution in [1.82, 2.24) is 4.98 Å². The summed E-state index contributed by atoms with van der Waals surface area (Å²) >= 11 is 0. The molecule has 11 heavy (non-hydrogen) atoms. The smallest absolute Gasteiger partial charge is 0.136 e. The van der Waals surface area contributed by atoms with Crippen LogP contribution in [0.25, 0.3) is 0 Å². The molecule has 1 rings (SSSR count). The minimum atomic E-state index is -0.683. The molecular formula is C7H11N3O. The predicted octanol–water partition coefficient (Wildman–Crippen LogP) is -0.229. The minimum absolute atomic E-state index is 0.197. The van der Waals surface area contributed by atoms with Gasteiger partial charge in [0.15, 0.2) is 0 Å². The number of hydrogen-bond donors (Lipinski definition) is 3. The number of nitrogens with zero attached hydrogens (tertiary/aromatic N) is 1. The Morgan fingerprint density at radius 2 is 2.18 bits per heavy atom. The molecule has 0 aromatic carbocycles. The van der Waals surface area contributed by atoms with Crippen LogP contribution in [0.1, 0.15) is 0 Å². The molecule has 0 fully saturated rings. The first-order chi connectivity index (χ1) is 5.33. The van der Waals surface area contributed by atoms with Crippen LogP contribution in [0.4, 0.5) is 5.69 Å². The van der Waals surface area contributed by atoms with E-state index in [2.05, 4.69) is 10.3 Å². The molecule has 1 atom stereocenters. The second kappa shape index (κ2) is 3.90. The zero-order valence-corrected chi connectivity index (χ0v) is 6.07. The highest BCUT2D eigenvalue weighted by molar-refractivity contribution is 5.41. The summed E-state index contributed by atoms with van der Waals surface area (Å²) in [7, 11) is 0. The monoisotopic (exact) mass is 153 g/mol. The third-order valence-corrected chi connectivity index (χ3v) is 1.24. The Hall–Kier alpha value is -1.13. The molecule has 60 valence electrons. The van der Waals surface area contributed by atoms with Crippen molar-refractivity contribution < 1.29 is 5.11 Å². The van der Waals surface area contributed by atoms with Gasteiger partial charge in [-0.05, 0) is 12.1 Å². The number of rotatable bonds is 3. The Morgan fingerprint density at radius 3 is 2.73 bits per heavy atom. The summed E-state index contributed by atoms with van der Waals surface area (Å²) < 4.78 is 0. The lowest BCUT2D eigenvalue weighted by molar-refractivity contribution is 0.212. The second-order valence-electron chi connectivity index (χ2n) is 2.13. The van der Waals surface area contributed by atoms with Crippen molar-refractivity contribution in [1.29, 1.82) is 0 Å². The molecule has 0 radical (unpaired) electrons. The van der Waals surface area contributed by atoms with Gasteiger partial charge >= 0.3 is 0 Å². The van der Waals surface area contributed by atoms with Crippen molar-refractivity contribution >= 4 is 5.69 Å².